The molecule has 1 N–H and O–H groups in total. The second-order valence-corrected chi connectivity index (χ2v) is 6.15. The summed E-state index contributed by atoms with van der Waals surface area (Å²) in [4.78, 5) is 2.29. The third-order valence-electron chi connectivity index (χ3n) is 3.62. The molecule has 1 saturated heterocycles. The number of nitrogens with zero attached hydrogens (tertiary/aromatic N) is 1. The van der Waals surface area contributed by atoms with E-state index in [1.54, 1.807) is 12.1 Å². The van der Waals surface area contributed by atoms with Crippen LogP contribution in [0, 0.1) is 11.2 Å². The Morgan fingerprint density at radius 3 is 2.78 bits per heavy atom. The van der Waals surface area contributed by atoms with E-state index in [1.165, 1.54) is 6.07 Å². The van der Waals surface area contributed by atoms with Gasteiger partial charge in [-0.05, 0) is 36.6 Å². The topological polar surface area (TPSA) is 15.3 Å². The van der Waals surface area contributed by atoms with Crippen molar-refractivity contribution >= 4 is 5.69 Å². The molecule has 0 bridgehead atoms. The van der Waals surface area contributed by atoms with Gasteiger partial charge in [-0.1, -0.05) is 26.8 Å². The molecule has 2 nitrogen and oxygen atoms in total. The number of halogens is 1. The monoisotopic (exact) mass is 250 g/mol. The molecule has 100 valence electrons. The highest BCUT2D eigenvalue weighted by atomic mass is 19.1. The quantitative estimate of drug-likeness (QED) is 0.824. The van der Waals surface area contributed by atoms with Crippen LogP contribution in [0.1, 0.15) is 27.2 Å². The molecular formula is C15H23FN2. The van der Waals surface area contributed by atoms with Gasteiger partial charge in [0.1, 0.15) is 5.82 Å². The van der Waals surface area contributed by atoms with Crippen molar-refractivity contribution in [1.82, 2.24) is 5.32 Å². The Hall–Kier alpha value is -1.09. The van der Waals surface area contributed by atoms with E-state index in [0.717, 1.165) is 31.7 Å². The Morgan fingerprint density at radius 2 is 2.11 bits per heavy atom. The molecule has 0 radical (unpaired) electrons. The maximum atomic E-state index is 13.3. The molecule has 1 atom stereocenters. The second-order valence-electron chi connectivity index (χ2n) is 6.15. The zero-order chi connectivity index (χ0) is 13.2. The molecule has 1 aromatic carbocycles. The van der Waals surface area contributed by atoms with Crippen molar-refractivity contribution in [2.75, 3.05) is 24.5 Å². The average molecular weight is 250 g/mol. The standard InChI is InChI=1S/C15H23FN2/c1-15(2,3)14-11-18(9-5-8-17-14)13-7-4-6-12(16)10-13/h4,6-7,10,14,17H,5,8-9,11H2,1-3H3. The average Bonchev–Trinajstić information content (AvgIpc) is 2.53. The number of hydrogen-bond acceptors (Lipinski definition) is 2. The van der Waals surface area contributed by atoms with Crippen molar-refractivity contribution < 1.29 is 4.39 Å². The summed E-state index contributed by atoms with van der Waals surface area (Å²) >= 11 is 0. The van der Waals surface area contributed by atoms with Gasteiger partial charge in [0.15, 0.2) is 0 Å². The summed E-state index contributed by atoms with van der Waals surface area (Å²) in [6, 6.07) is 7.35. The molecule has 1 unspecified atom stereocenters. The lowest BCUT2D eigenvalue weighted by atomic mass is 9.86. The van der Waals surface area contributed by atoms with Crippen LogP contribution in [0.3, 0.4) is 0 Å². The van der Waals surface area contributed by atoms with Crippen molar-refractivity contribution in [2.45, 2.75) is 33.2 Å². The summed E-state index contributed by atoms with van der Waals surface area (Å²) in [5.41, 5.74) is 1.21. The first-order valence-corrected chi connectivity index (χ1v) is 6.71. The molecule has 1 heterocycles. The van der Waals surface area contributed by atoms with Gasteiger partial charge in [-0.2, -0.15) is 0 Å². The van der Waals surface area contributed by atoms with Crippen LogP contribution in [0.4, 0.5) is 10.1 Å². The van der Waals surface area contributed by atoms with E-state index in [9.17, 15) is 4.39 Å². The van der Waals surface area contributed by atoms with Gasteiger partial charge in [-0.25, -0.2) is 4.39 Å². The third-order valence-corrected chi connectivity index (χ3v) is 3.62. The molecule has 18 heavy (non-hydrogen) atoms. The minimum absolute atomic E-state index is 0.156. The number of hydrogen-bond donors (Lipinski definition) is 1. The summed E-state index contributed by atoms with van der Waals surface area (Å²) < 4.78 is 13.3. The van der Waals surface area contributed by atoms with Crippen LogP contribution in [-0.4, -0.2) is 25.7 Å². The smallest absolute Gasteiger partial charge is 0.125 e. The molecule has 0 aromatic heterocycles. The van der Waals surface area contributed by atoms with Gasteiger partial charge in [0.2, 0.25) is 0 Å². The normalized spacial score (nSPS) is 21.8. The van der Waals surface area contributed by atoms with Crippen LogP contribution in [0.25, 0.3) is 0 Å². The zero-order valence-corrected chi connectivity index (χ0v) is 11.5. The van der Waals surface area contributed by atoms with Gasteiger partial charge in [0.05, 0.1) is 0 Å². The molecule has 0 amide bonds. The van der Waals surface area contributed by atoms with E-state index in [2.05, 4.69) is 31.0 Å². The minimum Gasteiger partial charge on any atom is -0.370 e. The summed E-state index contributed by atoms with van der Waals surface area (Å²) in [7, 11) is 0. The zero-order valence-electron chi connectivity index (χ0n) is 11.5. The van der Waals surface area contributed by atoms with E-state index in [0.29, 0.717) is 6.04 Å². The Balaban J connectivity index is 2.17. The first-order chi connectivity index (χ1) is 8.47. The van der Waals surface area contributed by atoms with E-state index in [1.807, 2.05) is 6.07 Å². The van der Waals surface area contributed by atoms with Gasteiger partial charge in [-0.15, -0.1) is 0 Å². The molecule has 1 aliphatic heterocycles. The van der Waals surface area contributed by atoms with Crippen molar-refractivity contribution in [3.05, 3.63) is 30.1 Å². The van der Waals surface area contributed by atoms with Gasteiger partial charge in [0, 0.05) is 24.8 Å². The molecule has 1 aliphatic rings. The fraction of sp³-hybridized carbons (Fsp3) is 0.600. The number of nitrogens with one attached hydrogen (secondary N) is 1. The van der Waals surface area contributed by atoms with Crippen LogP contribution in [0.2, 0.25) is 0 Å². The largest absolute Gasteiger partial charge is 0.370 e. The lowest BCUT2D eigenvalue weighted by Crippen LogP contribution is -2.46. The molecular weight excluding hydrogens is 227 g/mol. The van der Waals surface area contributed by atoms with Crippen LogP contribution in [-0.2, 0) is 0 Å². The Bertz CT molecular complexity index is 398. The van der Waals surface area contributed by atoms with E-state index < -0.39 is 0 Å². The molecule has 2 rings (SSSR count). The summed E-state index contributed by atoms with van der Waals surface area (Å²) in [6.07, 6.45) is 1.10. The molecule has 0 saturated carbocycles. The third kappa shape index (κ3) is 3.22. The van der Waals surface area contributed by atoms with Crippen molar-refractivity contribution in [3.8, 4) is 0 Å². The van der Waals surface area contributed by atoms with E-state index in [-0.39, 0.29) is 11.2 Å². The van der Waals surface area contributed by atoms with Crippen molar-refractivity contribution in [3.63, 3.8) is 0 Å². The fourth-order valence-corrected chi connectivity index (χ4v) is 2.41. The molecule has 0 spiro atoms. The highest BCUT2D eigenvalue weighted by Crippen LogP contribution is 2.25. The van der Waals surface area contributed by atoms with Gasteiger partial charge in [0.25, 0.3) is 0 Å². The van der Waals surface area contributed by atoms with Gasteiger partial charge >= 0.3 is 0 Å². The van der Waals surface area contributed by atoms with Crippen LogP contribution >= 0.6 is 0 Å². The van der Waals surface area contributed by atoms with Crippen LogP contribution < -0.4 is 10.2 Å². The summed E-state index contributed by atoms with van der Waals surface area (Å²) in [5.74, 6) is -0.156. The maximum absolute atomic E-state index is 13.3. The molecule has 1 fully saturated rings. The van der Waals surface area contributed by atoms with E-state index in [4.69, 9.17) is 0 Å². The van der Waals surface area contributed by atoms with Crippen LogP contribution in [0.5, 0.6) is 0 Å². The summed E-state index contributed by atoms with van der Waals surface area (Å²) in [5, 5.41) is 3.60. The number of anilines is 1. The Kier molecular flexibility index (Phi) is 3.91. The first-order valence-electron chi connectivity index (χ1n) is 6.71. The van der Waals surface area contributed by atoms with Crippen molar-refractivity contribution in [2.24, 2.45) is 5.41 Å². The van der Waals surface area contributed by atoms with Crippen molar-refractivity contribution in [1.29, 1.82) is 0 Å². The number of benzene rings is 1. The Morgan fingerprint density at radius 1 is 1.33 bits per heavy atom. The Labute approximate surface area is 109 Å². The molecule has 3 heteroatoms. The lowest BCUT2D eigenvalue weighted by Gasteiger charge is -2.34. The predicted molar refractivity (Wildman–Crippen MR) is 74.5 cm³/mol. The minimum atomic E-state index is -0.156. The predicted octanol–water partition coefficient (Wildman–Crippen LogP) is 3.04. The molecule has 0 aliphatic carbocycles. The van der Waals surface area contributed by atoms with E-state index >= 15 is 0 Å². The SMILES string of the molecule is CC(C)(C)C1CN(c2cccc(F)c2)CCCN1. The highest BCUT2D eigenvalue weighted by molar-refractivity contribution is 5.46. The molecule has 1 aromatic rings. The van der Waals surface area contributed by atoms with Crippen LogP contribution in [0.15, 0.2) is 24.3 Å². The van der Waals surface area contributed by atoms with Gasteiger partial charge in [-0.3, -0.25) is 0 Å². The first kappa shape index (κ1) is 13.3. The second kappa shape index (κ2) is 5.27. The summed E-state index contributed by atoms with van der Waals surface area (Å²) in [6.45, 7) is 9.71. The maximum Gasteiger partial charge on any atom is 0.125 e. The fourth-order valence-electron chi connectivity index (χ4n) is 2.41. The highest BCUT2D eigenvalue weighted by Gasteiger charge is 2.28. The number of rotatable bonds is 1. The lowest BCUT2D eigenvalue weighted by molar-refractivity contribution is 0.280. The van der Waals surface area contributed by atoms with Gasteiger partial charge < -0.3 is 10.2 Å².